The predicted octanol–water partition coefficient (Wildman–Crippen LogP) is 1.85. The number of aromatic nitrogens is 2. The van der Waals surface area contributed by atoms with Crippen LogP contribution in [0.5, 0.6) is 0 Å². The fourth-order valence-electron chi connectivity index (χ4n) is 4.34. The Labute approximate surface area is 184 Å². The van der Waals surface area contributed by atoms with Crippen LogP contribution in [0.15, 0.2) is 60.7 Å². The van der Waals surface area contributed by atoms with E-state index in [1.165, 1.54) is 16.2 Å². The number of rotatable bonds is 6. The number of carbonyl (C=O) groups is 1. The van der Waals surface area contributed by atoms with E-state index < -0.39 is 0 Å². The van der Waals surface area contributed by atoms with Crippen LogP contribution in [0.25, 0.3) is 5.69 Å². The van der Waals surface area contributed by atoms with E-state index in [1.54, 1.807) is 0 Å². The van der Waals surface area contributed by atoms with Crippen molar-refractivity contribution in [1.82, 2.24) is 14.7 Å². The summed E-state index contributed by atoms with van der Waals surface area (Å²) >= 11 is 0. The second kappa shape index (κ2) is 9.35. The van der Waals surface area contributed by atoms with Crippen molar-refractivity contribution in [2.45, 2.75) is 20.4 Å². The van der Waals surface area contributed by atoms with Crippen molar-refractivity contribution in [2.24, 2.45) is 0 Å². The van der Waals surface area contributed by atoms with Gasteiger partial charge in [0.2, 0.25) is 0 Å². The van der Waals surface area contributed by atoms with Gasteiger partial charge in [-0.2, -0.15) is 5.10 Å². The molecule has 4 rings (SSSR count). The van der Waals surface area contributed by atoms with Crippen LogP contribution < -0.4 is 9.80 Å². The maximum atomic E-state index is 12.9. The average Bonchev–Trinajstić information content (AvgIpc) is 3.08. The van der Waals surface area contributed by atoms with E-state index in [0.717, 1.165) is 49.8 Å². The molecule has 1 unspecified atom stereocenters. The zero-order valence-corrected chi connectivity index (χ0v) is 18.7. The van der Waals surface area contributed by atoms with E-state index in [0.29, 0.717) is 6.54 Å². The molecule has 1 saturated heterocycles. The van der Waals surface area contributed by atoms with Crippen LogP contribution >= 0.6 is 0 Å². The Balaban J connectivity index is 1.34. The van der Waals surface area contributed by atoms with Gasteiger partial charge in [0.15, 0.2) is 6.54 Å². The van der Waals surface area contributed by atoms with Gasteiger partial charge in [-0.1, -0.05) is 36.4 Å². The molecule has 0 spiro atoms. The zero-order chi connectivity index (χ0) is 21.8. The number of quaternary nitrogens is 1. The summed E-state index contributed by atoms with van der Waals surface area (Å²) in [6.45, 7) is 8.80. The monoisotopic (exact) mass is 418 g/mol. The minimum atomic E-state index is 0.232. The van der Waals surface area contributed by atoms with Crippen molar-refractivity contribution in [2.75, 3.05) is 44.7 Å². The molecule has 162 valence electrons. The number of nitrogens with one attached hydrogen (secondary N) is 1. The summed E-state index contributed by atoms with van der Waals surface area (Å²) in [5, 5.41) is 4.74. The predicted molar refractivity (Wildman–Crippen MR) is 124 cm³/mol. The number of hydrogen-bond donors (Lipinski definition) is 1. The Bertz CT molecular complexity index is 1010. The van der Waals surface area contributed by atoms with Gasteiger partial charge in [-0.15, -0.1) is 0 Å². The summed E-state index contributed by atoms with van der Waals surface area (Å²) in [5.74, 6) is 0.232. The van der Waals surface area contributed by atoms with Crippen molar-refractivity contribution >= 4 is 11.6 Å². The maximum absolute atomic E-state index is 12.9. The number of amides is 1. The third-order valence-electron chi connectivity index (χ3n) is 6.13. The number of nitrogens with zero attached hydrogens (tertiary/aromatic N) is 4. The van der Waals surface area contributed by atoms with Gasteiger partial charge < -0.3 is 14.7 Å². The fraction of sp³-hybridized carbons (Fsp3) is 0.360. The lowest BCUT2D eigenvalue weighted by atomic mass is 10.2. The van der Waals surface area contributed by atoms with E-state index in [1.807, 2.05) is 33.8 Å². The molecular weight excluding hydrogens is 386 g/mol. The molecule has 2 heterocycles. The van der Waals surface area contributed by atoms with Crippen molar-refractivity contribution in [1.29, 1.82) is 0 Å². The first kappa shape index (κ1) is 21.1. The number of carbonyl (C=O) groups excluding carboxylic acids is 1. The Morgan fingerprint density at radius 1 is 0.903 bits per heavy atom. The summed E-state index contributed by atoms with van der Waals surface area (Å²) < 4.78 is 2.00. The molecule has 6 nitrogen and oxygen atoms in total. The molecule has 31 heavy (non-hydrogen) atoms. The molecule has 0 aliphatic carbocycles. The number of anilines is 1. The Kier molecular flexibility index (Phi) is 6.37. The van der Waals surface area contributed by atoms with Gasteiger partial charge in [-0.3, -0.25) is 4.79 Å². The molecule has 1 N–H and O–H groups in total. The summed E-state index contributed by atoms with van der Waals surface area (Å²) in [7, 11) is 2.09. The molecule has 1 aliphatic rings. The molecular formula is C25H32N5O+. The first-order chi connectivity index (χ1) is 15.0. The number of likely N-dealkylation sites (N-methyl/N-ethyl adjacent to an activating group) is 1. The van der Waals surface area contributed by atoms with Crippen LogP contribution in [0.1, 0.15) is 17.0 Å². The minimum absolute atomic E-state index is 0.232. The van der Waals surface area contributed by atoms with E-state index in [9.17, 15) is 4.79 Å². The number of hydrogen-bond acceptors (Lipinski definition) is 3. The molecule has 2 aromatic carbocycles. The molecule has 1 aliphatic heterocycles. The molecule has 0 radical (unpaired) electrons. The normalized spacial score (nSPS) is 15.2. The molecule has 1 fully saturated rings. The number of aryl methyl sites for hydroxylation is 1. The topological polar surface area (TPSA) is 45.8 Å². The third kappa shape index (κ3) is 4.80. The lowest BCUT2D eigenvalue weighted by Gasteiger charge is -2.36. The molecule has 3 aromatic rings. The Morgan fingerprint density at radius 3 is 2.10 bits per heavy atom. The highest BCUT2D eigenvalue weighted by Gasteiger charge is 2.24. The number of piperazine rings is 1. The van der Waals surface area contributed by atoms with Gasteiger partial charge in [0, 0.05) is 31.9 Å². The van der Waals surface area contributed by atoms with E-state index >= 15 is 0 Å². The van der Waals surface area contributed by atoms with Crippen molar-refractivity contribution in [3.63, 3.8) is 0 Å². The summed E-state index contributed by atoms with van der Waals surface area (Å²) in [4.78, 5) is 18.5. The molecule has 1 aromatic heterocycles. The van der Waals surface area contributed by atoms with Crippen LogP contribution in [0.4, 0.5) is 5.69 Å². The van der Waals surface area contributed by atoms with Crippen molar-refractivity contribution < 1.29 is 9.69 Å². The molecule has 1 atom stereocenters. The quantitative estimate of drug-likeness (QED) is 0.665. The highest BCUT2D eigenvalue weighted by atomic mass is 16.2. The van der Waals surface area contributed by atoms with Gasteiger partial charge >= 0.3 is 0 Å². The van der Waals surface area contributed by atoms with Crippen LogP contribution in [0.3, 0.4) is 0 Å². The summed E-state index contributed by atoms with van der Waals surface area (Å²) in [6.07, 6.45) is 0. The minimum Gasteiger partial charge on any atom is -0.368 e. The Morgan fingerprint density at radius 2 is 1.48 bits per heavy atom. The largest absolute Gasteiger partial charge is 0.368 e. The van der Waals surface area contributed by atoms with E-state index in [4.69, 9.17) is 5.10 Å². The molecule has 1 amide bonds. The van der Waals surface area contributed by atoms with Gasteiger partial charge in [0.25, 0.3) is 5.91 Å². The smallest absolute Gasteiger partial charge is 0.277 e. The van der Waals surface area contributed by atoms with Crippen molar-refractivity contribution in [3.8, 4) is 5.69 Å². The molecule has 6 heteroatoms. The first-order valence-electron chi connectivity index (χ1n) is 11.0. The summed E-state index contributed by atoms with van der Waals surface area (Å²) in [5.41, 5.74) is 5.71. The maximum Gasteiger partial charge on any atom is 0.277 e. The van der Waals surface area contributed by atoms with E-state index in [2.05, 4.69) is 62.2 Å². The van der Waals surface area contributed by atoms with Crippen LogP contribution in [0, 0.1) is 13.8 Å². The van der Waals surface area contributed by atoms with Crippen LogP contribution in [-0.4, -0.2) is 60.4 Å². The number of para-hydroxylation sites is 2. The Hall–Kier alpha value is -3.12. The van der Waals surface area contributed by atoms with Gasteiger partial charge in [0.05, 0.1) is 29.7 Å². The van der Waals surface area contributed by atoms with Gasteiger partial charge in [-0.25, -0.2) is 4.68 Å². The average molecular weight is 419 g/mol. The lowest BCUT2D eigenvalue weighted by molar-refractivity contribution is -0.885. The second-order valence-corrected chi connectivity index (χ2v) is 8.41. The van der Waals surface area contributed by atoms with Crippen LogP contribution in [-0.2, 0) is 11.3 Å². The zero-order valence-electron chi connectivity index (χ0n) is 18.7. The SMILES string of the molecule is Cc1nn(-c2ccccc2)c(C)c1C[NH+](C)CC(=O)N1CCN(c2ccccc2)CC1. The standard InChI is InChI=1S/C25H31N5O/c1-20-24(21(2)30(26-20)23-12-8-5-9-13-23)18-27(3)19-25(31)29-16-14-28(15-17-29)22-10-6-4-7-11-22/h4-13H,14-19H2,1-3H3/p+1. The number of benzene rings is 2. The molecule has 0 saturated carbocycles. The highest BCUT2D eigenvalue weighted by molar-refractivity contribution is 5.77. The van der Waals surface area contributed by atoms with E-state index in [-0.39, 0.29) is 5.91 Å². The second-order valence-electron chi connectivity index (χ2n) is 8.41. The van der Waals surface area contributed by atoms with Gasteiger partial charge in [-0.05, 0) is 38.1 Å². The lowest BCUT2D eigenvalue weighted by Crippen LogP contribution is -3.09. The van der Waals surface area contributed by atoms with Gasteiger partial charge in [0.1, 0.15) is 6.54 Å². The van der Waals surface area contributed by atoms with Crippen LogP contribution in [0.2, 0.25) is 0 Å². The van der Waals surface area contributed by atoms with Crippen molar-refractivity contribution in [3.05, 3.63) is 77.6 Å². The first-order valence-corrected chi connectivity index (χ1v) is 11.0. The summed E-state index contributed by atoms with van der Waals surface area (Å²) in [6, 6.07) is 20.6. The molecule has 0 bridgehead atoms. The third-order valence-corrected chi connectivity index (χ3v) is 6.13. The highest BCUT2D eigenvalue weighted by Crippen LogP contribution is 2.17. The fourth-order valence-corrected chi connectivity index (χ4v) is 4.34.